The fourth-order valence-electron chi connectivity index (χ4n) is 1.29. The molecule has 2 nitrogen and oxygen atoms in total. The van der Waals surface area contributed by atoms with E-state index in [0.29, 0.717) is 0 Å². The third-order valence-corrected chi connectivity index (χ3v) is 6.04. The molecule has 0 aliphatic carbocycles. The van der Waals surface area contributed by atoms with Crippen LogP contribution in [0.2, 0.25) is 0 Å². The SMILES string of the molecule is CC(C)C(C)(C)S(=O)(=O)c1cccc(F)c1F. The average Bonchev–Trinajstić information content (AvgIpc) is 2.21. The van der Waals surface area contributed by atoms with Gasteiger partial charge in [-0.15, -0.1) is 0 Å². The summed E-state index contributed by atoms with van der Waals surface area (Å²) >= 11 is 0. The number of benzene rings is 1. The van der Waals surface area contributed by atoms with Crippen LogP contribution in [0.25, 0.3) is 0 Å². The molecule has 0 N–H and O–H groups in total. The molecule has 96 valence electrons. The Bertz CT molecular complexity index is 519. The summed E-state index contributed by atoms with van der Waals surface area (Å²) in [6, 6.07) is 3.19. The highest BCUT2D eigenvalue weighted by Gasteiger charge is 2.40. The summed E-state index contributed by atoms with van der Waals surface area (Å²) in [6.07, 6.45) is 0. The molecule has 0 aromatic heterocycles. The molecule has 1 rings (SSSR count). The molecule has 0 bridgehead atoms. The van der Waals surface area contributed by atoms with Gasteiger partial charge in [0.15, 0.2) is 21.5 Å². The summed E-state index contributed by atoms with van der Waals surface area (Å²) in [7, 11) is -3.91. The lowest BCUT2D eigenvalue weighted by Crippen LogP contribution is -2.37. The predicted octanol–water partition coefficient (Wildman–Crippen LogP) is 3.17. The maximum atomic E-state index is 13.5. The van der Waals surface area contributed by atoms with Gasteiger partial charge in [-0.2, -0.15) is 0 Å². The molecule has 0 radical (unpaired) electrons. The van der Waals surface area contributed by atoms with Crippen LogP contribution in [-0.4, -0.2) is 13.2 Å². The Hall–Kier alpha value is -0.970. The molecule has 0 aliphatic rings. The van der Waals surface area contributed by atoms with Crippen LogP contribution < -0.4 is 0 Å². The predicted molar refractivity (Wildman–Crippen MR) is 62.5 cm³/mol. The van der Waals surface area contributed by atoms with E-state index in [-0.39, 0.29) is 5.92 Å². The van der Waals surface area contributed by atoms with E-state index in [0.717, 1.165) is 12.1 Å². The van der Waals surface area contributed by atoms with Crippen LogP contribution in [0, 0.1) is 17.6 Å². The van der Waals surface area contributed by atoms with Crippen LogP contribution in [0.15, 0.2) is 23.1 Å². The summed E-state index contributed by atoms with van der Waals surface area (Å²) < 4.78 is 50.0. The fourth-order valence-corrected chi connectivity index (χ4v) is 3.06. The molecule has 17 heavy (non-hydrogen) atoms. The zero-order valence-corrected chi connectivity index (χ0v) is 11.1. The van der Waals surface area contributed by atoms with Gasteiger partial charge >= 0.3 is 0 Å². The Balaban J connectivity index is 3.48. The number of sulfone groups is 1. The average molecular weight is 262 g/mol. The number of hydrogen-bond donors (Lipinski definition) is 0. The first kappa shape index (κ1) is 14.1. The molecule has 0 heterocycles. The normalized spacial score (nSPS) is 13.1. The van der Waals surface area contributed by atoms with Gasteiger partial charge in [0.25, 0.3) is 0 Å². The quantitative estimate of drug-likeness (QED) is 0.838. The van der Waals surface area contributed by atoms with E-state index in [1.807, 2.05) is 0 Å². The van der Waals surface area contributed by atoms with E-state index >= 15 is 0 Å². The van der Waals surface area contributed by atoms with Crippen molar-refractivity contribution in [3.63, 3.8) is 0 Å². The molecule has 5 heteroatoms. The first-order valence-electron chi connectivity index (χ1n) is 5.31. The Morgan fingerprint density at radius 1 is 1.18 bits per heavy atom. The van der Waals surface area contributed by atoms with Crippen LogP contribution >= 0.6 is 0 Å². The van der Waals surface area contributed by atoms with Crippen molar-refractivity contribution in [2.45, 2.75) is 37.3 Å². The molecule has 1 aromatic carbocycles. The van der Waals surface area contributed by atoms with Gasteiger partial charge in [-0.1, -0.05) is 19.9 Å². The molecule has 0 saturated carbocycles. The smallest absolute Gasteiger partial charge is 0.186 e. The lowest BCUT2D eigenvalue weighted by molar-refractivity contribution is 0.442. The Morgan fingerprint density at radius 2 is 1.71 bits per heavy atom. The molecule has 0 saturated heterocycles. The second-order valence-electron chi connectivity index (χ2n) is 4.81. The van der Waals surface area contributed by atoms with Gasteiger partial charge in [-0.05, 0) is 31.9 Å². The zero-order chi connectivity index (χ0) is 13.4. The van der Waals surface area contributed by atoms with Crippen molar-refractivity contribution in [2.24, 2.45) is 5.92 Å². The molecular weight excluding hydrogens is 246 g/mol. The minimum Gasteiger partial charge on any atom is -0.223 e. The maximum absolute atomic E-state index is 13.5. The highest BCUT2D eigenvalue weighted by molar-refractivity contribution is 7.92. The highest BCUT2D eigenvalue weighted by Crippen LogP contribution is 2.33. The lowest BCUT2D eigenvalue weighted by Gasteiger charge is -2.29. The zero-order valence-electron chi connectivity index (χ0n) is 10.3. The fraction of sp³-hybridized carbons (Fsp3) is 0.500. The van der Waals surface area contributed by atoms with Gasteiger partial charge in [0.2, 0.25) is 0 Å². The van der Waals surface area contributed by atoms with Crippen molar-refractivity contribution in [2.75, 3.05) is 0 Å². The summed E-state index contributed by atoms with van der Waals surface area (Å²) in [5.74, 6) is -2.66. The van der Waals surface area contributed by atoms with Crippen LogP contribution in [0.5, 0.6) is 0 Å². The van der Waals surface area contributed by atoms with Gasteiger partial charge in [0.05, 0.1) is 4.75 Å². The Morgan fingerprint density at radius 3 is 2.18 bits per heavy atom. The minimum atomic E-state index is -3.91. The van der Waals surface area contributed by atoms with E-state index in [2.05, 4.69) is 0 Å². The van der Waals surface area contributed by atoms with E-state index in [1.54, 1.807) is 13.8 Å². The number of hydrogen-bond acceptors (Lipinski definition) is 2. The molecular formula is C12H16F2O2S. The first-order chi connectivity index (χ1) is 7.62. The van der Waals surface area contributed by atoms with E-state index in [9.17, 15) is 17.2 Å². The van der Waals surface area contributed by atoms with Crippen LogP contribution in [0.4, 0.5) is 8.78 Å². The van der Waals surface area contributed by atoms with E-state index in [4.69, 9.17) is 0 Å². The summed E-state index contributed by atoms with van der Waals surface area (Å²) in [5, 5.41) is 0. The third kappa shape index (κ3) is 2.20. The number of halogens is 2. The number of rotatable bonds is 3. The van der Waals surface area contributed by atoms with E-state index < -0.39 is 31.1 Å². The van der Waals surface area contributed by atoms with Gasteiger partial charge in [-0.3, -0.25) is 0 Å². The van der Waals surface area contributed by atoms with Crippen molar-refractivity contribution in [1.82, 2.24) is 0 Å². The van der Waals surface area contributed by atoms with Crippen molar-refractivity contribution >= 4 is 9.84 Å². The van der Waals surface area contributed by atoms with Crippen LogP contribution in [-0.2, 0) is 9.84 Å². The second kappa shape index (κ2) is 4.37. The van der Waals surface area contributed by atoms with Gasteiger partial charge in [-0.25, -0.2) is 17.2 Å². The molecule has 0 atom stereocenters. The van der Waals surface area contributed by atoms with Gasteiger partial charge < -0.3 is 0 Å². The van der Waals surface area contributed by atoms with Crippen LogP contribution in [0.3, 0.4) is 0 Å². The maximum Gasteiger partial charge on any atom is 0.186 e. The molecule has 0 unspecified atom stereocenters. The van der Waals surface area contributed by atoms with Crippen molar-refractivity contribution in [1.29, 1.82) is 0 Å². The summed E-state index contributed by atoms with van der Waals surface area (Å²) in [4.78, 5) is -0.573. The summed E-state index contributed by atoms with van der Waals surface area (Å²) in [5.41, 5.74) is 0. The largest absolute Gasteiger partial charge is 0.223 e. The van der Waals surface area contributed by atoms with Gasteiger partial charge in [0.1, 0.15) is 4.90 Å². The van der Waals surface area contributed by atoms with E-state index in [1.165, 1.54) is 19.9 Å². The topological polar surface area (TPSA) is 34.1 Å². The monoisotopic (exact) mass is 262 g/mol. The molecule has 0 amide bonds. The van der Waals surface area contributed by atoms with Crippen molar-refractivity contribution in [3.05, 3.63) is 29.8 Å². The standard InChI is InChI=1S/C12H16F2O2S/c1-8(2)12(3,4)17(15,16)10-7-5-6-9(13)11(10)14/h5-8H,1-4H3. The second-order valence-corrected chi connectivity index (χ2v) is 7.31. The lowest BCUT2D eigenvalue weighted by atomic mass is 10.00. The Labute approximate surface area is 101 Å². The van der Waals surface area contributed by atoms with Crippen molar-refractivity contribution < 1.29 is 17.2 Å². The molecule has 0 aliphatic heterocycles. The molecule has 0 spiro atoms. The van der Waals surface area contributed by atoms with Crippen molar-refractivity contribution in [3.8, 4) is 0 Å². The van der Waals surface area contributed by atoms with Crippen LogP contribution in [0.1, 0.15) is 27.7 Å². The van der Waals surface area contributed by atoms with Gasteiger partial charge in [0, 0.05) is 0 Å². The molecule has 0 fully saturated rings. The minimum absolute atomic E-state index is 0.213. The first-order valence-corrected chi connectivity index (χ1v) is 6.79. The summed E-state index contributed by atoms with van der Waals surface area (Å²) in [6.45, 7) is 6.48. The Kier molecular flexibility index (Phi) is 3.62. The third-order valence-electron chi connectivity index (χ3n) is 3.29. The molecule has 1 aromatic rings. The highest BCUT2D eigenvalue weighted by atomic mass is 32.2.